The minimum Gasteiger partial charge on any atom is -0.478 e. The van der Waals surface area contributed by atoms with E-state index < -0.39 is 5.97 Å². The number of anilines is 2. The van der Waals surface area contributed by atoms with E-state index in [0.717, 1.165) is 45.8 Å². The predicted molar refractivity (Wildman–Crippen MR) is 207 cm³/mol. The van der Waals surface area contributed by atoms with Crippen molar-refractivity contribution in [2.24, 2.45) is 0 Å². The molecule has 0 aliphatic rings. The number of nitrogens with one attached hydrogen (secondary N) is 1. The molecule has 0 radical (unpaired) electrons. The second-order valence-electron chi connectivity index (χ2n) is 11.7. The van der Waals surface area contributed by atoms with Crippen LogP contribution in [0, 0.1) is 0 Å². The second-order valence-corrected chi connectivity index (χ2v) is 12.6. The number of nitrogen functional groups attached to an aromatic ring is 1. The third-order valence-electron chi connectivity index (χ3n) is 7.80. The van der Waals surface area contributed by atoms with Crippen molar-refractivity contribution in [1.29, 1.82) is 0 Å². The Hall–Kier alpha value is -6.56. The molecule has 264 valence electrons. The van der Waals surface area contributed by atoms with Gasteiger partial charge < -0.3 is 25.0 Å². The fraction of sp³-hybridized carbons (Fsp3) is 0.0500. The van der Waals surface area contributed by atoms with Crippen LogP contribution < -0.4 is 11.1 Å². The summed E-state index contributed by atoms with van der Waals surface area (Å²) in [6.07, 6.45) is 15.2. The zero-order valence-electron chi connectivity index (χ0n) is 28.1. The van der Waals surface area contributed by atoms with Crippen LogP contribution in [0.25, 0.3) is 11.3 Å². The smallest absolute Gasteiger partial charge is 0.337 e. The van der Waals surface area contributed by atoms with Gasteiger partial charge in [-0.1, -0.05) is 59.6 Å². The Morgan fingerprint density at radius 3 is 1.70 bits per heavy atom. The molecule has 0 spiro atoms. The number of carboxylic acids is 1. The molecule has 4 N–H and O–H groups in total. The van der Waals surface area contributed by atoms with Crippen LogP contribution in [-0.4, -0.2) is 45.7 Å². The molecule has 11 nitrogen and oxygen atoms in total. The van der Waals surface area contributed by atoms with Gasteiger partial charge in [-0.2, -0.15) is 0 Å². The molecule has 1 amide bonds. The van der Waals surface area contributed by atoms with Crippen LogP contribution in [0.3, 0.4) is 0 Å². The number of hydrogen-bond donors (Lipinski definition) is 3. The number of nitrogens with two attached hydrogens (primary N) is 1. The standard InChI is InChI=1S/C20H15ClN4O.C12H11ClN2.C8H6N2O2/c21-17-3-1-2-14(11-17)10-15-4-6-18(23-12-15)24-20(26)16-5-7-19-22-8-9-25(19)13-16;13-11-3-1-2-9(7-11)6-10-4-5-12(14)15-8-10;11-8(12)6-1-2-7-9-3-4-10(7)5-6/h1-9,11-13H,10H2,(H,23,24,26);1-5,7-8H,6H2,(H2,14,15);1-5H,(H,11,12). The van der Waals surface area contributed by atoms with Crippen molar-refractivity contribution in [2.45, 2.75) is 12.8 Å². The highest BCUT2D eigenvalue weighted by atomic mass is 35.5. The number of aromatic nitrogens is 6. The van der Waals surface area contributed by atoms with Gasteiger partial charge in [0.25, 0.3) is 5.91 Å². The number of fused-ring (bicyclic) bond motifs is 2. The van der Waals surface area contributed by atoms with Crippen molar-refractivity contribution in [3.05, 3.63) is 190 Å². The third kappa shape index (κ3) is 10.3. The van der Waals surface area contributed by atoms with Crippen LogP contribution in [0.1, 0.15) is 43.0 Å². The normalized spacial score (nSPS) is 10.5. The first-order valence-corrected chi connectivity index (χ1v) is 17.0. The maximum Gasteiger partial charge on any atom is 0.337 e. The van der Waals surface area contributed by atoms with E-state index in [1.165, 1.54) is 17.8 Å². The molecule has 53 heavy (non-hydrogen) atoms. The Morgan fingerprint density at radius 1 is 0.642 bits per heavy atom. The van der Waals surface area contributed by atoms with Crippen LogP contribution in [0.5, 0.6) is 0 Å². The number of pyridine rings is 4. The van der Waals surface area contributed by atoms with Crippen molar-refractivity contribution in [3.8, 4) is 0 Å². The lowest BCUT2D eigenvalue weighted by Gasteiger charge is -2.07. The molecule has 6 aromatic heterocycles. The van der Waals surface area contributed by atoms with Gasteiger partial charge in [0.2, 0.25) is 0 Å². The highest BCUT2D eigenvalue weighted by Crippen LogP contribution is 2.17. The molecule has 0 bridgehead atoms. The highest BCUT2D eigenvalue weighted by Gasteiger charge is 2.09. The molecular weight excluding hydrogens is 711 g/mol. The molecule has 0 fully saturated rings. The largest absolute Gasteiger partial charge is 0.478 e. The molecule has 0 saturated carbocycles. The quantitative estimate of drug-likeness (QED) is 0.148. The number of carbonyl (C=O) groups excluding carboxylic acids is 1. The summed E-state index contributed by atoms with van der Waals surface area (Å²) in [4.78, 5) is 39.5. The fourth-order valence-corrected chi connectivity index (χ4v) is 5.62. The number of aromatic carboxylic acids is 1. The van der Waals surface area contributed by atoms with E-state index in [1.54, 1.807) is 82.5 Å². The van der Waals surface area contributed by atoms with Gasteiger partial charge in [0, 0.05) is 59.6 Å². The number of amides is 1. The maximum atomic E-state index is 12.4. The van der Waals surface area contributed by atoms with Gasteiger partial charge in [-0.15, -0.1) is 0 Å². The number of halogens is 2. The molecule has 8 rings (SSSR count). The lowest BCUT2D eigenvalue weighted by Crippen LogP contribution is -2.13. The zero-order chi connectivity index (χ0) is 37.2. The van der Waals surface area contributed by atoms with Gasteiger partial charge in [-0.05, 0) is 95.8 Å². The monoisotopic (exact) mass is 742 g/mol. The molecular formula is C40H32Cl2N8O3. The summed E-state index contributed by atoms with van der Waals surface area (Å²) in [7, 11) is 0. The summed E-state index contributed by atoms with van der Waals surface area (Å²) in [5.74, 6) is -0.0818. The molecule has 0 atom stereocenters. The molecule has 13 heteroatoms. The van der Waals surface area contributed by atoms with Gasteiger partial charge in [-0.3, -0.25) is 4.79 Å². The molecule has 0 aliphatic carbocycles. The molecule has 6 heterocycles. The fourth-order valence-electron chi connectivity index (χ4n) is 5.20. The van der Waals surface area contributed by atoms with Crippen LogP contribution in [-0.2, 0) is 12.8 Å². The third-order valence-corrected chi connectivity index (χ3v) is 8.27. The zero-order valence-corrected chi connectivity index (χ0v) is 29.6. The summed E-state index contributed by atoms with van der Waals surface area (Å²) in [6, 6.07) is 29.8. The number of carboxylic acid groups (broad SMARTS) is 1. The van der Waals surface area contributed by atoms with Gasteiger partial charge in [-0.25, -0.2) is 24.7 Å². The molecule has 0 unspecified atom stereocenters. The van der Waals surface area contributed by atoms with Crippen LogP contribution in [0.2, 0.25) is 10.0 Å². The van der Waals surface area contributed by atoms with Gasteiger partial charge >= 0.3 is 5.97 Å². The molecule has 0 saturated heterocycles. The van der Waals surface area contributed by atoms with Crippen LogP contribution in [0.4, 0.5) is 11.6 Å². The predicted octanol–water partition coefficient (Wildman–Crippen LogP) is 8.17. The lowest BCUT2D eigenvalue weighted by molar-refractivity contribution is 0.0696. The Morgan fingerprint density at radius 2 is 1.19 bits per heavy atom. The summed E-state index contributed by atoms with van der Waals surface area (Å²) in [5, 5.41) is 12.9. The van der Waals surface area contributed by atoms with Gasteiger partial charge in [0.1, 0.15) is 22.9 Å². The van der Waals surface area contributed by atoms with Crippen molar-refractivity contribution in [1.82, 2.24) is 28.7 Å². The lowest BCUT2D eigenvalue weighted by atomic mass is 10.1. The summed E-state index contributed by atoms with van der Waals surface area (Å²) in [6.45, 7) is 0. The van der Waals surface area contributed by atoms with E-state index >= 15 is 0 Å². The van der Waals surface area contributed by atoms with E-state index in [9.17, 15) is 9.59 Å². The summed E-state index contributed by atoms with van der Waals surface area (Å²) < 4.78 is 3.47. The number of benzene rings is 2. The second kappa shape index (κ2) is 17.1. The maximum absolute atomic E-state index is 12.4. The van der Waals surface area contributed by atoms with Crippen LogP contribution >= 0.6 is 23.2 Å². The van der Waals surface area contributed by atoms with Gasteiger partial charge in [0.05, 0.1) is 11.1 Å². The first-order valence-electron chi connectivity index (χ1n) is 16.2. The summed E-state index contributed by atoms with van der Waals surface area (Å²) >= 11 is 11.9. The van der Waals surface area contributed by atoms with Crippen molar-refractivity contribution >= 4 is 58.0 Å². The topological polar surface area (TPSA) is 153 Å². The SMILES string of the molecule is Nc1ccc(Cc2cccc(Cl)c2)cn1.O=C(Nc1ccc(Cc2cccc(Cl)c2)cn1)c1ccc2nccn2c1.O=C(O)c1ccc2nccn2c1. The summed E-state index contributed by atoms with van der Waals surface area (Å²) in [5.41, 5.74) is 12.3. The van der Waals surface area contributed by atoms with Crippen molar-refractivity contribution in [2.75, 3.05) is 11.1 Å². The van der Waals surface area contributed by atoms with E-state index in [0.29, 0.717) is 22.2 Å². The van der Waals surface area contributed by atoms with E-state index in [4.69, 9.17) is 34.0 Å². The Labute approximate surface area is 314 Å². The number of carbonyl (C=O) groups is 2. The van der Waals surface area contributed by atoms with E-state index in [2.05, 4.69) is 25.3 Å². The number of nitrogens with zero attached hydrogens (tertiary/aromatic N) is 6. The van der Waals surface area contributed by atoms with Crippen LogP contribution in [0.15, 0.2) is 147 Å². The number of hydrogen-bond acceptors (Lipinski definition) is 7. The average molecular weight is 744 g/mol. The average Bonchev–Trinajstić information content (AvgIpc) is 3.83. The number of rotatable bonds is 7. The molecule has 2 aromatic carbocycles. The number of imidazole rings is 2. The molecule has 0 aliphatic heterocycles. The van der Waals surface area contributed by atoms with Crippen molar-refractivity contribution in [3.63, 3.8) is 0 Å². The van der Waals surface area contributed by atoms with E-state index in [1.807, 2.05) is 60.7 Å². The first kappa shape index (κ1) is 36.2. The van der Waals surface area contributed by atoms with Gasteiger partial charge in [0.15, 0.2) is 0 Å². The minimum absolute atomic E-state index is 0.212. The van der Waals surface area contributed by atoms with E-state index in [-0.39, 0.29) is 11.5 Å². The Kier molecular flexibility index (Phi) is 11.7. The Bertz CT molecular complexity index is 2480. The minimum atomic E-state index is -0.925. The Balaban J connectivity index is 0.000000150. The highest BCUT2D eigenvalue weighted by molar-refractivity contribution is 6.30. The van der Waals surface area contributed by atoms with Crippen molar-refractivity contribution < 1.29 is 14.7 Å². The molecule has 8 aromatic rings. The first-order chi connectivity index (χ1) is 25.7.